The topological polar surface area (TPSA) is 72.0 Å². The molecule has 1 unspecified atom stereocenters. The van der Waals surface area contributed by atoms with Gasteiger partial charge in [0.25, 0.3) is 6.23 Å². The SMILES string of the molecule is O=CCOC(=O)C(Oc1ccccc1)N1CCN(c2ccncc2)CC1. The number of ether oxygens (including phenoxy) is 2. The van der Waals surface area contributed by atoms with E-state index in [2.05, 4.69) is 9.88 Å². The van der Waals surface area contributed by atoms with E-state index in [4.69, 9.17) is 9.47 Å². The number of benzene rings is 1. The lowest BCUT2D eigenvalue weighted by atomic mass is 10.2. The van der Waals surface area contributed by atoms with Crippen LogP contribution >= 0.6 is 0 Å². The zero-order chi connectivity index (χ0) is 18.2. The number of anilines is 1. The summed E-state index contributed by atoms with van der Waals surface area (Å²) in [5.74, 6) is 0.0235. The molecule has 136 valence electrons. The second-order valence-electron chi connectivity index (χ2n) is 5.81. The first-order chi connectivity index (χ1) is 12.8. The molecule has 1 aliphatic heterocycles. The summed E-state index contributed by atoms with van der Waals surface area (Å²) in [5, 5.41) is 0. The van der Waals surface area contributed by atoms with Gasteiger partial charge >= 0.3 is 5.97 Å². The van der Waals surface area contributed by atoms with Gasteiger partial charge in [0.2, 0.25) is 0 Å². The summed E-state index contributed by atoms with van der Waals surface area (Å²) < 4.78 is 10.9. The molecule has 7 heteroatoms. The molecule has 7 nitrogen and oxygen atoms in total. The van der Waals surface area contributed by atoms with E-state index >= 15 is 0 Å². The van der Waals surface area contributed by atoms with Gasteiger partial charge in [0.15, 0.2) is 6.29 Å². The Labute approximate surface area is 152 Å². The average Bonchev–Trinajstić information content (AvgIpc) is 2.72. The third kappa shape index (κ3) is 4.58. The summed E-state index contributed by atoms with van der Waals surface area (Å²) in [6.07, 6.45) is 3.20. The molecule has 2 aromatic rings. The molecule has 0 amide bonds. The summed E-state index contributed by atoms with van der Waals surface area (Å²) in [6.45, 7) is 2.50. The van der Waals surface area contributed by atoms with Gasteiger partial charge in [-0.15, -0.1) is 0 Å². The van der Waals surface area contributed by atoms with E-state index in [1.165, 1.54) is 0 Å². The number of pyridine rings is 1. The first-order valence-corrected chi connectivity index (χ1v) is 8.49. The van der Waals surface area contributed by atoms with Gasteiger partial charge in [-0.3, -0.25) is 14.7 Å². The van der Waals surface area contributed by atoms with Gasteiger partial charge < -0.3 is 14.4 Å². The summed E-state index contributed by atoms with van der Waals surface area (Å²) in [5.41, 5.74) is 1.10. The molecule has 3 rings (SSSR count). The normalized spacial score (nSPS) is 15.9. The molecule has 0 bridgehead atoms. The van der Waals surface area contributed by atoms with E-state index < -0.39 is 12.2 Å². The first-order valence-electron chi connectivity index (χ1n) is 8.49. The molecule has 0 radical (unpaired) electrons. The molecule has 1 atom stereocenters. The van der Waals surface area contributed by atoms with E-state index in [0.717, 1.165) is 18.8 Å². The van der Waals surface area contributed by atoms with Gasteiger partial charge in [0, 0.05) is 44.3 Å². The molecule has 0 aliphatic carbocycles. The molecule has 0 saturated carbocycles. The van der Waals surface area contributed by atoms with Crippen molar-refractivity contribution in [3.8, 4) is 5.75 Å². The van der Waals surface area contributed by atoms with E-state index in [0.29, 0.717) is 25.1 Å². The lowest BCUT2D eigenvalue weighted by Gasteiger charge is -2.38. The van der Waals surface area contributed by atoms with Crippen LogP contribution in [0.15, 0.2) is 54.9 Å². The fourth-order valence-electron chi connectivity index (χ4n) is 2.86. The number of hydrogen-bond acceptors (Lipinski definition) is 7. The van der Waals surface area contributed by atoms with E-state index in [-0.39, 0.29) is 6.61 Å². The van der Waals surface area contributed by atoms with Crippen LogP contribution in [0.5, 0.6) is 5.75 Å². The first kappa shape index (κ1) is 17.9. The summed E-state index contributed by atoms with van der Waals surface area (Å²) >= 11 is 0. The standard InChI is InChI=1S/C19H21N3O4/c23-14-15-25-19(24)18(26-17-4-2-1-3-5-17)22-12-10-21(11-13-22)16-6-8-20-9-7-16/h1-9,14,18H,10-13,15H2. The van der Waals surface area contributed by atoms with Crippen molar-refractivity contribution in [1.82, 2.24) is 9.88 Å². The number of aldehydes is 1. The Morgan fingerprint density at radius 2 is 1.77 bits per heavy atom. The minimum atomic E-state index is -0.878. The highest BCUT2D eigenvalue weighted by molar-refractivity contribution is 5.76. The van der Waals surface area contributed by atoms with Crippen LogP contribution in [0.3, 0.4) is 0 Å². The Hall–Kier alpha value is -2.93. The van der Waals surface area contributed by atoms with Crippen molar-refractivity contribution < 1.29 is 19.1 Å². The second kappa shape index (κ2) is 8.96. The number of carbonyl (C=O) groups is 2. The molecular weight excluding hydrogens is 334 g/mol. The molecular formula is C19H21N3O4. The van der Waals surface area contributed by atoms with Crippen LogP contribution < -0.4 is 9.64 Å². The third-order valence-electron chi connectivity index (χ3n) is 4.16. The van der Waals surface area contributed by atoms with Crippen molar-refractivity contribution >= 4 is 17.9 Å². The van der Waals surface area contributed by atoms with Gasteiger partial charge in [0.05, 0.1) is 0 Å². The van der Waals surface area contributed by atoms with Gasteiger partial charge in [-0.05, 0) is 24.3 Å². The minimum absolute atomic E-state index is 0.273. The van der Waals surface area contributed by atoms with Gasteiger partial charge in [0.1, 0.15) is 12.4 Å². The fourth-order valence-corrected chi connectivity index (χ4v) is 2.86. The van der Waals surface area contributed by atoms with Crippen LogP contribution in [0.2, 0.25) is 0 Å². The zero-order valence-corrected chi connectivity index (χ0v) is 14.4. The Bertz CT molecular complexity index is 703. The number of hydrogen-bond donors (Lipinski definition) is 0. The molecule has 0 N–H and O–H groups in total. The highest BCUT2D eigenvalue weighted by atomic mass is 16.6. The Balaban J connectivity index is 1.67. The Morgan fingerprint density at radius 1 is 1.08 bits per heavy atom. The summed E-state index contributed by atoms with van der Waals surface area (Å²) in [6, 6.07) is 13.0. The van der Waals surface area contributed by atoms with Crippen LogP contribution in [-0.4, -0.2) is 61.2 Å². The quantitative estimate of drug-likeness (QED) is 0.548. The monoisotopic (exact) mass is 355 g/mol. The largest absolute Gasteiger partial charge is 0.464 e. The maximum atomic E-state index is 12.4. The van der Waals surface area contributed by atoms with Crippen molar-refractivity contribution in [3.05, 3.63) is 54.9 Å². The van der Waals surface area contributed by atoms with Crippen LogP contribution in [-0.2, 0) is 14.3 Å². The van der Waals surface area contributed by atoms with Crippen molar-refractivity contribution in [3.63, 3.8) is 0 Å². The molecule has 26 heavy (non-hydrogen) atoms. The number of carbonyl (C=O) groups excluding carboxylic acids is 2. The van der Waals surface area contributed by atoms with Crippen LogP contribution in [0.4, 0.5) is 5.69 Å². The van der Waals surface area contributed by atoms with Crippen LogP contribution in [0, 0.1) is 0 Å². The second-order valence-corrected chi connectivity index (χ2v) is 5.81. The van der Waals surface area contributed by atoms with E-state index in [1.807, 2.05) is 35.2 Å². The van der Waals surface area contributed by atoms with Crippen LogP contribution in [0.25, 0.3) is 0 Å². The summed E-state index contributed by atoms with van der Waals surface area (Å²) in [4.78, 5) is 31.1. The van der Waals surface area contributed by atoms with Gasteiger partial charge in [-0.1, -0.05) is 18.2 Å². The number of aromatic nitrogens is 1. The smallest absolute Gasteiger partial charge is 0.363 e. The Morgan fingerprint density at radius 3 is 2.42 bits per heavy atom. The highest BCUT2D eigenvalue weighted by Gasteiger charge is 2.32. The minimum Gasteiger partial charge on any atom is -0.464 e. The molecule has 1 fully saturated rings. The molecule has 2 heterocycles. The van der Waals surface area contributed by atoms with Crippen LogP contribution in [0.1, 0.15) is 0 Å². The van der Waals surface area contributed by atoms with E-state index in [9.17, 15) is 9.59 Å². The highest BCUT2D eigenvalue weighted by Crippen LogP contribution is 2.19. The lowest BCUT2D eigenvalue weighted by molar-refractivity contribution is -0.162. The number of para-hydroxylation sites is 1. The molecule has 1 saturated heterocycles. The number of piperazine rings is 1. The molecule has 0 spiro atoms. The predicted molar refractivity (Wildman–Crippen MR) is 95.9 cm³/mol. The fraction of sp³-hybridized carbons (Fsp3) is 0.316. The van der Waals surface area contributed by atoms with Gasteiger partial charge in [-0.25, -0.2) is 4.79 Å². The Kier molecular flexibility index (Phi) is 6.16. The third-order valence-corrected chi connectivity index (χ3v) is 4.16. The van der Waals surface area contributed by atoms with Crippen molar-refractivity contribution in [2.75, 3.05) is 37.7 Å². The number of nitrogens with zero attached hydrogens (tertiary/aromatic N) is 3. The zero-order valence-electron chi connectivity index (χ0n) is 14.4. The van der Waals surface area contributed by atoms with E-state index in [1.54, 1.807) is 24.5 Å². The maximum Gasteiger partial charge on any atom is 0.363 e. The molecule has 1 aromatic carbocycles. The maximum absolute atomic E-state index is 12.4. The number of esters is 1. The predicted octanol–water partition coefficient (Wildman–Crippen LogP) is 1.35. The van der Waals surface area contributed by atoms with Gasteiger partial charge in [-0.2, -0.15) is 0 Å². The average molecular weight is 355 g/mol. The summed E-state index contributed by atoms with van der Waals surface area (Å²) in [7, 11) is 0. The lowest BCUT2D eigenvalue weighted by Crippen LogP contribution is -2.55. The van der Waals surface area contributed by atoms with Crippen molar-refractivity contribution in [1.29, 1.82) is 0 Å². The number of rotatable bonds is 7. The molecule has 1 aromatic heterocycles. The van der Waals surface area contributed by atoms with Crippen molar-refractivity contribution in [2.24, 2.45) is 0 Å². The van der Waals surface area contributed by atoms with Crippen molar-refractivity contribution in [2.45, 2.75) is 6.23 Å². The molecule has 1 aliphatic rings.